The first-order chi connectivity index (χ1) is 9.46. The van der Waals surface area contributed by atoms with Crippen molar-refractivity contribution in [2.45, 2.75) is 31.3 Å². The first-order valence-electron chi connectivity index (χ1n) is 6.91. The summed E-state index contributed by atoms with van der Waals surface area (Å²) in [5, 5.41) is 0. The summed E-state index contributed by atoms with van der Waals surface area (Å²) in [6, 6.07) is 9.80. The van der Waals surface area contributed by atoms with E-state index in [1.54, 1.807) is 0 Å². The van der Waals surface area contributed by atoms with Crippen LogP contribution in [0.4, 0.5) is 0 Å². The fourth-order valence-electron chi connectivity index (χ4n) is 3.70. The standard InChI is InChI=1S/C15H18O4S/c1-20(17,18)19-15-12-8-7-11(9-13(12)16)14(15)10-5-3-2-4-6-10/h2-6,11-12,14-15H,7-9H2,1H3. The summed E-state index contributed by atoms with van der Waals surface area (Å²) in [7, 11) is -3.56. The Hall–Kier alpha value is -1.20. The van der Waals surface area contributed by atoms with E-state index < -0.39 is 16.2 Å². The van der Waals surface area contributed by atoms with Crippen molar-refractivity contribution in [2.75, 3.05) is 6.26 Å². The number of hydrogen-bond donors (Lipinski definition) is 0. The van der Waals surface area contributed by atoms with Gasteiger partial charge in [0.25, 0.3) is 10.1 Å². The lowest BCUT2D eigenvalue weighted by atomic mass is 9.60. The van der Waals surface area contributed by atoms with Crippen LogP contribution in [0, 0.1) is 11.8 Å². The number of Topliss-reactive ketones (excluding diaryl/α,β-unsaturated/α-hetero) is 1. The van der Waals surface area contributed by atoms with Crippen LogP contribution in [0.5, 0.6) is 0 Å². The number of ketones is 1. The summed E-state index contributed by atoms with van der Waals surface area (Å²) < 4.78 is 28.4. The lowest BCUT2D eigenvalue weighted by Gasteiger charge is -2.46. The number of benzene rings is 1. The van der Waals surface area contributed by atoms with Crippen LogP contribution in [0.3, 0.4) is 0 Å². The highest BCUT2D eigenvalue weighted by Gasteiger charge is 2.50. The van der Waals surface area contributed by atoms with Crippen LogP contribution in [-0.2, 0) is 19.1 Å². The normalized spacial score (nSPS) is 33.4. The number of carbonyl (C=O) groups is 1. The monoisotopic (exact) mass is 294 g/mol. The molecule has 4 atom stereocenters. The zero-order valence-electron chi connectivity index (χ0n) is 11.4. The van der Waals surface area contributed by atoms with Gasteiger partial charge in [-0.1, -0.05) is 30.3 Å². The highest BCUT2D eigenvalue weighted by atomic mass is 32.2. The van der Waals surface area contributed by atoms with Crippen LogP contribution < -0.4 is 0 Å². The molecule has 5 heteroatoms. The maximum atomic E-state index is 12.1. The minimum absolute atomic E-state index is 0.00220. The Balaban J connectivity index is 1.99. The highest BCUT2D eigenvalue weighted by Crippen LogP contribution is 2.49. The second kappa shape index (κ2) is 4.97. The Kier molecular flexibility index (Phi) is 3.42. The molecule has 3 aliphatic rings. The Morgan fingerprint density at radius 1 is 1.15 bits per heavy atom. The van der Waals surface area contributed by atoms with E-state index in [0.29, 0.717) is 6.42 Å². The summed E-state index contributed by atoms with van der Waals surface area (Å²) in [5.41, 5.74) is 1.07. The summed E-state index contributed by atoms with van der Waals surface area (Å²) in [4.78, 5) is 12.1. The average molecular weight is 294 g/mol. The van der Waals surface area contributed by atoms with Gasteiger partial charge in [-0.25, -0.2) is 0 Å². The van der Waals surface area contributed by atoms with E-state index in [9.17, 15) is 13.2 Å². The second-order valence-electron chi connectivity index (χ2n) is 5.82. The van der Waals surface area contributed by atoms with Gasteiger partial charge in [-0.3, -0.25) is 8.98 Å². The van der Waals surface area contributed by atoms with E-state index in [2.05, 4.69) is 0 Å². The summed E-state index contributed by atoms with van der Waals surface area (Å²) in [6.07, 6.45) is 2.79. The molecule has 4 rings (SSSR count). The van der Waals surface area contributed by atoms with Gasteiger partial charge in [0.1, 0.15) is 5.78 Å². The van der Waals surface area contributed by atoms with Crippen molar-refractivity contribution in [3.63, 3.8) is 0 Å². The average Bonchev–Trinajstić information content (AvgIpc) is 2.38. The molecule has 1 aromatic carbocycles. The summed E-state index contributed by atoms with van der Waals surface area (Å²) in [5.74, 6) is 0.0750. The van der Waals surface area contributed by atoms with E-state index in [1.807, 2.05) is 30.3 Å². The maximum Gasteiger partial charge on any atom is 0.264 e. The van der Waals surface area contributed by atoms with Gasteiger partial charge >= 0.3 is 0 Å². The van der Waals surface area contributed by atoms with Crippen molar-refractivity contribution < 1.29 is 17.4 Å². The lowest BCUT2D eigenvalue weighted by Crippen LogP contribution is -2.49. The minimum Gasteiger partial charge on any atom is -0.299 e. The zero-order valence-corrected chi connectivity index (χ0v) is 12.2. The third-order valence-corrected chi connectivity index (χ3v) is 5.03. The molecule has 0 spiro atoms. The molecular weight excluding hydrogens is 276 g/mol. The number of carbonyl (C=O) groups excluding carboxylic acids is 1. The van der Waals surface area contributed by atoms with Gasteiger partial charge in [-0.05, 0) is 24.3 Å². The van der Waals surface area contributed by atoms with E-state index in [0.717, 1.165) is 24.7 Å². The Morgan fingerprint density at radius 2 is 1.85 bits per heavy atom. The van der Waals surface area contributed by atoms with E-state index in [4.69, 9.17) is 4.18 Å². The van der Waals surface area contributed by atoms with Crippen molar-refractivity contribution in [1.29, 1.82) is 0 Å². The van der Waals surface area contributed by atoms with Gasteiger partial charge in [-0.15, -0.1) is 0 Å². The minimum atomic E-state index is -3.56. The zero-order chi connectivity index (χ0) is 14.3. The van der Waals surface area contributed by atoms with Gasteiger partial charge in [0.05, 0.1) is 12.4 Å². The van der Waals surface area contributed by atoms with Crippen molar-refractivity contribution in [3.8, 4) is 0 Å². The first kappa shape index (κ1) is 13.8. The Bertz CT molecular complexity index is 608. The molecule has 20 heavy (non-hydrogen) atoms. The molecule has 3 aliphatic carbocycles. The number of hydrogen-bond acceptors (Lipinski definition) is 4. The van der Waals surface area contributed by atoms with Gasteiger partial charge in [-0.2, -0.15) is 8.42 Å². The third-order valence-electron chi connectivity index (χ3n) is 4.45. The molecule has 108 valence electrons. The number of rotatable bonds is 3. The van der Waals surface area contributed by atoms with Gasteiger partial charge < -0.3 is 0 Å². The molecule has 3 saturated carbocycles. The van der Waals surface area contributed by atoms with Crippen molar-refractivity contribution >= 4 is 15.9 Å². The molecule has 2 bridgehead atoms. The number of fused-ring (bicyclic) bond motifs is 3. The van der Waals surface area contributed by atoms with Crippen LogP contribution in [0.2, 0.25) is 0 Å². The molecule has 0 heterocycles. The van der Waals surface area contributed by atoms with Gasteiger partial charge in [0.15, 0.2) is 0 Å². The largest absolute Gasteiger partial charge is 0.299 e. The highest BCUT2D eigenvalue weighted by molar-refractivity contribution is 7.86. The molecular formula is C15H18O4S. The van der Waals surface area contributed by atoms with E-state index >= 15 is 0 Å². The van der Waals surface area contributed by atoms with Gasteiger partial charge in [0, 0.05) is 18.3 Å². The SMILES string of the molecule is CS(=O)(=O)OC1C2CCC(CC2=O)C1c1ccccc1. The lowest BCUT2D eigenvalue weighted by molar-refractivity contribution is -0.136. The molecule has 3 fully saturated rings. The predicted molar refractivity (Wildman–Crippen MR) is 74.7 cm³/mol. The molecule has 0 radical (unpaired) electrons. The van der Waals surface area contributed by atoms with Crippen LogP contribution >= 0.6 is 0 Å². The topological polar surface area (TPSA) is 60.4 Å². The smallest absolute Gasteiger partial charge is 0.264 e. The molecule has 0 aliphatic heterocycles. The molecule has 4 nitrogen and oxygen atoms in total. The molecule has 1 aromatic rings. The van der Waals surface area contributed by atoms with Crippen molar-refractivity contribution in [2.24, 2.45) is 11.8 Å². The molecule has 0 saturated heterocycles. The molecule has 0 aromatic heterocycles. The van der Waals surface area contributed by atoms with Crippen LogP contribution in [-0.4, -0.2) is 26.6 Å². The third kappa shape index (κ3) is 2.52. The van der Waals surface area contributed by atoms with Crippen molar-refractivity contribution in [1.82, 2.24) is 0 Å². The Labute approximate surface area is 119 Å². The van der Waals surface area contributed by atoms with Crippen LogP contribution in [0.15, 0.2) is 30.3 Å². The maximum absolute atomic E-state index is 12.1. The van der Waals surface area contributed by atoms with Crippen LogP contribution in [0.1, 0.15) is 30.7 Å². The second-order valence-corrected chi connectivity index (χ2v) is 7.42. The predicted octanol–water partition coefficient (Wildman–Crippen LogP) is 2.11. The quantitative estimate of drug-likeness (QED) is 0.801. The van der Waals surface area contributed by atoms with Gasteiger partial charge in [0.2, 0.25) is 0 Å². The van der Waals surface area contributed by atoms with Crippen LogP contribution in [0.25, 0.3) is 0 Å². The fraction of sp³-hybridized carbons (Fsp3) is 0.533. The molecule has 0 N–H and O–H groups in total. The first-order valence-corrected chi connectivity index (χ1v) is 8.73. The molecule has 4 unspecified atom stereocenters. The van der Waals surface area contributed by atoms with E-state index in [1.165, 1.54) is 0 Å². The van der Waals surface area contributed by atoms with E-state index in [-0.39, 0.29) is 23.5 Å². The summed E-state index contributed by atoms with van der Waals surface area (Å²) in [6.45, 7) is 0. The molecule has 0 amide bonds. The van der Waals surface area contributed by atoms with Crippen molar-refractivity contribution in [3.05, 3.63) is 35.9 Å². The fourth-order valence-corrected chi connectivity index (χ4v) is 4.36. The Morgan fingerprint density at radius 3 is 2.45 bits per heavy atom. The summed E-state index contributed by atoms with van der Waals surface area (Å²) >= 11 is 0.